The molecule has 1 amide bonds. The van der Waals surface area contributed by atoms with Gasteiger partial charge >= 0.3 is 0 Å². The summed E-state index contributed by atoms with van der Waals surface area (Å²) in [4.78, 5) is 19.2. The molecule has 2 aliphatic rings. The van der Waals surface area contributed by atoms with Crippen LogP contribution in [-0.2, 0) is 29.0 Å². The Morgan fingerprint density at radius 3 is 3.00 bits per heavy atom. The van der Waals surface area contributed by atoms with Gasteiger partial charge in [0.1, 0.15) is 0 Å². The Labute approximate surface area is 159 Å². The third-order valence-corrected chi connectivity index (χ3v) is 5.44. The van der Waals surface area contributed by atoms with Crippen LogP contribution in [0, 0.1) is 0 Å². The molecule has 1 fully saturated rings. The summed E-state index contributed by atoms with van der Waals surface area (Å²) in [5.41, 5.74) is 4.08. The number of ether oxygens (including phenoxy) is 2. The molecule has 4 rings (SSSR count). The Balaban J connectivity index is 1.67. The average molecular weight is 370 g/mol. The number of hydrogen-bond acceptors (Lipinski definition) is 5. The number of carbonyl (C=O) groups is 1. The van der Waals surface area contributed by atoms with Crippen molar-refractivity contribution >= 4 is 5.91 Å². The van der Waals surface area contributed by atoms with E-state index < -0.39 is 0 Å². The highest BCUT2D eigenvalue weighted by Crippen LogP contribution is 2.35. The van der Waals surface area contributed by atoms with E-state index in [4.69, 9.17) is 14.6 Å². The van der Waals surface area contributed by atoms with Crippen LogP contribution >= 0.6 is 0 Å². The Morgan fingerprint density at radius 1 is 1.33 bits per heavy atom. The predicted molar refractivity (Wildman–Crippen MR) is 99.3 cm³/mol. The van der Waals surface area contributed by atoms with E-state index in [-0.39, 0.29) is 11.9 Å². The van der Waals surface area contributed by atoms with Gasteiger partial charge in [-0.25, -0.2) is 0 Å². The number of aromatic nitrogens is 3. The number of nitrogens with zero attached hydrogens (tertiary/aromatic N) is 4. The molecule has 0 N–H and O–H groups in total. The Morgan fingerprint density at radius 2 is 2.19 bits per heavy atom. The molecule has 27 heavy (non-hydrogen) atoms. The third kappa shape index (κ3) is 3.61. The molecule has 1 atom stereocenters. The van der Waals surface area contributed by atoms with Crippen molar-refractivity contribution in [3.05, 3.63) is 47.0 Å². The summed E-state index contributed by atoms with van der Waals surface area (Å²) in [6, 6.07) is 3.56. The van der Waals surface area contributed by atoms with E-state index >= 15 is 0 Å². The van der Waals surface area contributed by atoms with E-state index in [1.165, 1.54) is 5.69 Å². The van der Waals surface area contributed by atoms with Crippen LogP contribution in [0.25, 0.3) is 0 Å². The molecule has 0 radical (unpaired) electrons. The number of amides is 1. The van der Waals surface area contributed by atoms with Crippen molar-refractivity contribution in [3.63, 3.8) is 0 Å². The number of pyridine rings is 1. The van der Waals surface area contributed by atoms with Crippen molar-refractivity contribution in [1.29, 1.82) is 0 Å². The van der Waals surface area contributed by atoms with Gasteiger partial charge in [-0.1, -0.05) is 0 Å². The van der Waals surface area contributed by atoms with Crippen molar-refractivity contribution in [2.45, 2.75) is 44.9 Å². The van der Waals surface area contributed by atoms with Crippen LogP contribution in [0.5, 0.6) is 0 Å². The molecule has 1 saturated heterocycles. The lowest BCUT2D eigenvalue weighted by Gasteiger charge is -2.35. The molecule has 0 saturated carbocycles. The second kappa shape index (κ2) is 8.19. The molecule has 0 aliphatic carbocycles. The summed E-state index contributed by atoms with van der Waals surface area (Å²) in [6.45, 7) is 3.40. The van der Waals surface area contributed by atoms with Crippen molar-refractivity contribution < 1.29 is 14.3 Å². The number of likely N-dealkylation sites (tertiary alicyclic amines) is 1. The van der Waals surface area contributed by atoms with Crippen molar-refractivity contribution in [1.82, 2.24) is 19.7 Å². The van der Waals surface area contributed by atoms with E-state index in [9.17, 15) is 4.79 Å². The molecule has 2 aromatic rings. The van der Waals surface area contributed by atoms with Gasteiger partial charge in [0.2, 0.25) is 0 Å². The van der Waals surface area contributed by atoms with Crippen LogP contribution in [0.2, 0.25) is 0 Å². The number of piperidine rings is 1. The number of methoxy groups -OCH3 is 1. The highest BCUT2D eigenvalue weighted by atomic mass is 16.5. The molecular formula is C20H26N4O3. The quantitative estimate of drug-likeness (QED) is 0.808. The van der Waals surface area contributed by atoms with Crippen molar-refractivity contribution in [2.24, 2.45) is 0 Å². The van der Waals surface area contributed by atoms with Crippen LogP contribution in [0.3, 0.4) is 0 Å². The molecule has 144 valence electrons. The van der Waals surface area contributed by atoms with E-state index in [0.29, 0.717) is 18.8 Å². The Hall–Kier alpha value is -2.25. The first-order valence-corrected chi connectivity index (χ1v) is 9.65. The van der Waals surface area contributed by atoms with E-state index in [1.54, 1.807) is 31.6 Å². The molecule has 1 unspecified atom stereocenters. The van der Waals surface area contributed by atoms with Crippen LogP contribution < -0.4 is 0 Å². The lowest BCUT2D eigenvalue weighted by Crippen LogP contribution is -2.39. The van der Waals surface area contributed by atoms with Gasteiger partial charge in [0.05, 0.1) is 38.1 Å². The van der Waals surface area contributed by atoms with Gasteiger partial charge < -0.3 is 14.4 Å². The maximum absolute atomic E-state index is 13.1. The third-order valence-electron chi connectivity index (χ3n) is 5.44. The normalized spacial score (nSPS) is 19.7. The summed E-state index contributed by atoms with van der Waals surface area (Å²) < 4.78 is 13.0. The van der Waals surface area contributed by atoms with Gasteiger partial charge in [-0.2, -0.15) is 5.10 Å². The van der Waals surface area contributed by atoms with E-state index in [0.717, 1.165) is 56.6 Å². The average Bonchev–Trinajstić information content (AvgIpc) is 3.11. The zero-order chi connectivity index (χ0) is 18.6. The van der Waals surface area contributed by atoms with Gasteiger partial charge in [-0.3, -0.25) is 14.5 Å². The van der Waals surface area contributed by atoms with Crippen molar-refractivity contribution in [2.75, 3.05) is 26.9 Å². The zero-order valence-electron chi connectivity index (χ0n) is 15.8. The topological polar surface area (TPSA) is 69.5 Å². The predicted octanol–water partition coefficient (Wildman–Crippen LogP) is 2.36. The first-order chi connectivity index (χ1) is 13.3. The van der Waals surface area contributed by atoms with Crippen LogP contribution in [-0.4, -0.2) is 52.4 Å². The van der Waals surface area contributed by atoms with Crippen LogP contribution in [0.4, 0.5) is 0 Å². The number of fused-ring (bicyclic) bond motifs is 1. The second-order valence-corrected chi connectivity index (χ2v) is 7.08. The number of carbonyl (C=O) groups excluding carboxylic acids is 1. The standard InChI is InChI=1S/C20H26N4O3/c1-26-13-11-24-17-7-12-27-14-16(17)19(22-24)18-4-2-3-10-23(18)20(25)15-5-8-21-9-6-15/h5-6,8-9,18H,2-4,7,10-14H2,1H3. The number of rotatable bonds is 5. The lowest BCUT2D eigenvalue weighted by molar-refractivity contribution is 0.0596. The first-order valence-electron chi connectivity index (χ1n) is 9.65. The molecule has 7 heteroatoms. The molecule has 0 spiro atoms. The highest BCUT2D eigenvalue weighted by Gasteiger charge is 2.34. The fourth-order valence-corrected chi connectivity index (χ4v) is 4.08. The highest BCUT2D eigenvalue weighted by molar-refractivity contribution is 5.94. The molecule has 0 bridgehead atoms. The maximum atomic E-state index is 13.1. The number of hydrogen-bond donors (Lipinski definition) is 0. The van der Waals surface area contributed by atoms with Crippen LogP contribution in [0.1, 0.15) is 52.6 Å². The minimum atomic E-state index is -0.00124. The Kier molecular flexibility index (Phi) is 5.50. The molecule has 7 nitrogen and oxygen atoms in total. The molecule has 2 aliphatic heterocycles. The SMILES string of the molecule is COCCn1nc(C2CCCCN2C(=O)c2ccncc2)c2c1CCOC2. The summed E-state index contributed by atoms with van der Waals surface area (Å²) in [6.07, 6.45) is 7.26. The van der Waals surface area contributed by atoms with Gasteiger partial charge in [-0.05, 0) is 31.4 Å². The van der Waals surface area contributed by atoms with E-state index in [1.807, 2.05) is 4.90 Å². The summed E-state index contributed by atoms with van der Waals surface area (Å²) >= 11 is 0. The van der Waals surface area contributed by atoms with Gasteiger partial charge in [-0.15, -0.1) is 0 Å². The summed E-state index contributed by atoms with van der Waals surface area (Å²) in [5.74, 6) is 0.0546. The largest absolute Gasteiger partial charge is 0.383 e. The fourth-order valence-electron chi connectivity index (χ4n) is 4.08. The molecule has 4 heterocycles. The molecule has 0 aromatic carbocycles. The smallest absolute Gasteiger partial charge is 0.254 e. The van der Waals surface area contributed by atoms with E-state index in [2.05, 4.69) is 9.67 Å². The van der Waals surface area contributed by atoms with Gasteiger partial charge in [0.15, 0.2) is 0 Å². The monoisotopic (exact) mass is 370 g/mol. The minimum Gasteiger partial charge on any atom is -0.383 e. The Bertz CT molecular complexity index is 790. The second-order valence-electron chi connectivity index (χ2n) is 7.08. The zero-order valence-corrected chi connectivity index (χ0v) is 15.8. The first kappa shape index (κ1) is 18.1. The van der Waals surface area contributed by atoms with Crippen LogP contribution in [0.15, 0.2) is 24.5 Å². The van der Waals surface area contributed by atoms with Gasteiger partial charge in [0.25, 0.3) is 5.91 Å². The maximum Gasteiger partial charge on any atom is 0.254 e. The molecular weight excluding hydrogens is 344 g/mol. The minimum absolute atomic E-state index is 0.00124. The van der Waals surface area contributed by atoms with Gasteiger partial charge in [0, 0.05) is 49.3 Å². The molecule has 2 aromatic heterocycles. The fraction of sp³-hybridized carbons (Fsp3) is 0.550. The van der Waals surface area contributed by atoms with Crippen molar-refractivity contribution in [3.8, 4) is 0 Å². The lowest BCUT2D eigenvalue weighted by atomic mass is 9.94. The summed E-state index contributed by atoms with van der Waals surface area (Å²) in [5, 5.41) is 4.93. The summed E-state index contributed by atoms with van der Waals surface area (Å²) in [7, 11) is 1.70.